The van der Waals surface area contributed by atoms with Gasteiger partial charge in [-0.15, -0.1) is 11.3 Å². The normalized spacial score (nSPS) is 12.0. The molecule has 1 N–H and O–H groups in total. The van der Waals surface area contributed by atoms with Crippen molar-refractivity contribution in [1.82, 2.24) is 10.2 Å². The molecule has 7 nitrogen and oxygen atoms in total. The van der Waals surface area contributed by atoms with Gasteiger partial charge in [-0.05, 0) is 31.6 Å². The fourth-order valence-electron chi connectivity index (χ4n) is 2.15. The van der Waals surface area contributed by atoms with Crippen molar-refractivity contribution in [2.75, 3.05) is 27.2 Å². The second-order valence-corrected chi connectivity index (χ2v) is 6.29. The molecule has 1 unspecified atom stereocenters. The number of likely N-dealkylation sites (N-methyl/N-ethyl adjacent to an activating group) is 1. The second kappa shape index (κ2) is 8.42. The summed E-state index contributed by atoms with van der Waals surface area (Å²) in [6, 6.07) is 10.0. The van der Waals surface area contributed by atoms with Gasteiger partial charge in [-0.1, -0.05) is 18.2 Å². The number of nitro groups is 1. The third-order valence-corrected chi connectivity index (χ3v) is 4.38. The number of rotatable bonds is 8. The fourth-order valence-corrected chi connectivity index (χ4v) is 3.08. The Kier molecular flexibility index (Phi) is 6.28. The Labute approximate surface area is 144 Å². The van der Waals surface area contributed by atoms with Crippen molar-refractivity contribution in [3.8, 4) is 5.75 Å². The quantitative estimate of drug-likeness (QED) is 0.584. The van der Waals surface area contributed by atoms with E-state index in [1.165, 1.54) is 12.1 Å². The highest BCUT2D eigenvalue weighted by Crippen LogP contribution is 2.25. The Balaban J connectivity index is 1.89. The first-order valence-electron chi connectivity index (χ1n) is 7.31. The minimum atomic E-state index is -0.536. The first kappa shape index (κ1) is 17.9. The zero-order chi connectivity index (χ0) is 17.5. The van der Waals surface area contributed by atoms with Crippen molar-refractivity contribution < 1.29 is 14.5 Å². The molecular formula is C16H19N3O4S. The Morgan fingerprint density at radius 1 is 1.33 bits per heavy atom. The van der Waals surface area contributed by atoms with Gasteiger partial charge in [0.05, 0.1) is 11.0 Å². The molecule has 0 saturated carbocycles. The van der Waals surface area contributed by atoms with E-state index in [1.807, 2.05) is 36.5 Å². The SMILES string of the molecule is CN(C)C(CNC(=O)COc1ccccc1[N+](=O)[O-])c1cccs1. The van der Waals surface area contributed by atoms with E-state index in [0.29, 0.717) is 6.54 Å². The van der Waals surface area contributed by atoms with Crippen molar-refractivity contribution in [1.29, 1.82) is 0 Å². The number of para-hydroxylation sites is 2. The summed E-state index contributed by atoms with van der Waals surface area (Å²) in [7, 11) is 3.89. The molecule has 24 heavy (non-hydrogen) atoms. The number of nitrogens with zero attached hydrogens (tertiary/aromatic N) is 2. The molecule has 2 aromatic rings. The van der Waals surface area contributed by atoms with Gasteiger partial charge in [0.15, 0.2) is 12.4 Å². The second-order valence-electron chi connectivity index (χ2n) is 5.31. The Hall–Kier alpha value is -2.45. The van der Waals surface area contributed by atoms with Gasteiger partial charge in [0, 0.05) is 17.5 Å². The number of benzene rings is 1. The van der Waals surface area contributed by atoms with Crippen LogP contribution >= 0.6 is 11.3 Å². The Bertz CT molecular complexity index is 688. The van der Waals surface area contributed by atoms with E-state index in [1.54, 1.807) is 23.5 Å². The number of thiophene rings is 1. The molecule has 0 aliphatic carbocycles. The van der Waals surface area contributed by atoms with Gasteiger partial charge in [0.25, 0.3) is 5.91 Å². The maximum atomic E-state index is 12.0. The van der Waals surface area contributed by atoms with Crippen molar-refractivity contribution in [3.63, 3.8) is 0 Å². The lowest BCUT2D eigenvalue weighted by Gasteiger charge is -2.23. The average Bonchev–Trinajstić information content (AvgIpc) is 3.07. The lowest BCUT2D eigenvalue weighted by molar-refractivity contribution is -0.385. The highest BCUT2D eigenvalue weighted by Gasteiger charge is 2.18. The topological polar surface area (TPSA) is 84.7 Å². The smallest absolute Gasteiger partial charge is 0.310 e. The molecule has 1 amide bonds. The van der Waals surface area contributed by atoms with Gasteiger partial charge >= 0.3 is 5.69 Å². The van der Waals surface area contributed by atoms with E-state index in [0.717, 1.165) is 4.88 Å². The third-order valence-electron chi connectivity index (χ3n) is 3.41. The number of carbonyl (C=O) groups is 1. The molecule has 128 valence electrons. The highest BCUT2D eigenvalue weighted by atomic mass is 32.1. The van der Waals surface area contributed by atoms with Crippen LogP contribution in [0.15, 0.2) is 41.8 Å². The summed E-state index contributed by atoms with van der Waals surface area (Å²) < 4.78 is 5.28. The van der Waals surface area contributed by atoms with Crippen LogP contribution in [-0.2, 0) is 4.79 Å². The first-order valence-corrected chi connectivity index (χ1v) is 8.19. The monoisotopic (exact) mass is 349 g/mol. The van der Waals surface area contributed by atoms with Gasteiger partial charge in [-0.2, -0.15) is 0 Å². The fraction of sp³-hybridized carbons (Fsp3) is 0.312. The number of nitro benzene ring substituents is 1. The summed E-state index contributed by atoms with van der Waals surface area (Å²) in [5, 5.41) is 15.7. The standard InChI is InChI=1S/C16H19N3O4S/c1-18(2)13(15-8-5-9-24-15)10-17-16(20)11-23-14-7-4-3-6-12(14)19(21)22/h3-9,13H,10-11H2,1-2H3,(H,17,20). The van der Waals surface area contributed by atoms with E-state index in [9.17, 15) is 14.9 Å². The highest BCUT2D eigenvalue weighted by molar-refractivity contribution is 7.10. The minimum Gasteiger partial charge on any atom is -0.477 e. The van der Waals surface area contributed by atoms with Gasteiger partial charge in [0.1, 0.15) is 0 Å². The van der Waals surface area contributed by atoms with Gasteiger partial charge in [-0.25, -0.2) is 0 Å². The van der Waals surface area contributed by atoms with E-state index in [-0.39, 0.29) is 30.0 Å². The number of hydrogen-bond donors (Lipinski definition) is 1. The predicted octanol–water partition coefficient (Wildman–Crippen LogP) is 2.45. The van der Waals surface area contributed by atoms with Crippen LogP contribution in [0, 0.1) is 10.1 Å². The zero-order valence-electron chi connectivity index (χ0n) is 13.5. The molecule has 2 rings (SSSR count). The number of hydrogen-bond acceptors (Lipinski definition) is 6. The molecule has 1 atom stereocenters. The third kappa shape index (κ3) is 4.77. The Morgan fingerprint density at radius 3 is 2.71 bits per heavy atom. The molecule has 1 aromatic carbocycles. The summed E-state index contributed by atoms with van der Waals surface area (Å²) in [4.78, 5) is 25.5. The van der Waals surface area contributed by atoms with Gasteiger partial charge in [0.2, 0.25) is 0 Å². The van der Waals surface area contributed by atoms with E-state index >= 15 is 0 Å². The number of amides is 1. The average molecular weight is 349 g/mol. The molecule has 0 spiro atoms. The maximum absolute atomic E-state index is 12.0. The van der Waals surface area contributed by atoms with Crippen LogP contribution in [0.5, 0.6) is 5.75 Å². The van der Waals surface area contributed by atoms with E-state index in [2.05, 4.69) is 5.32 Å². The predicted molar refractivity (Wildman–Crippen MR) is 92.3 cm³/mol. The summed E-state index contributed by atoms with van der Waals surface area (Å²) in [5.74, 6) is -0.239. The lowest BCUT2D eigenvalue weighted by atomic mass is 10.2. The van der Waals surface area contributed by atoms with E-state index < -0.39 is 4.92 Å². The Morgan fingerprint density at radius 2 is 2.08 bits per heavy atom. The summed E-state index contributed by atoms with van der Waals surface area (Å²) in [5.41, 5.74) is -0.157. The van der Waals surface area contributed by atoms with E-state index in [4.69, 9.17) is 4.74 Å². The molecular weight excluding hydrogens is 330 g/mol. The molecule has 0 radical (unpaired) electrons. The largest absolute Gasteiger partial charge is 0.477 e. The van der Waals surface area contributed by atoms with Crippen LogP contribution in [0.1, 0.15) is 10.9 Å². The van der Waals surface area contributed by atoms with Gasteiger partial charge in [-0.3, -0.25) is 14.9 Å². The van der Waals surface area contributed by atoms with Crippen LogP contribution in [0.3, 0.4) is 0 Å². The van der Waals surface area contributed by atoms with Crippen LogP contribution in [0.25, 0.3) is 0 Å². The molecule has 0 fully saturated rings. The van der Waals surface area contributed by atoms with Crippen molar-refractivity contribution in [2.45, 2.75) is 6.04 Å². The van der Waals surface area contributed by atoms with Crippen molar-refractivity contribution >= 4 is 22.9 Å². The molecule has 1 heterocycles. The molecule has 0 aliphatic heterocycles. The summed E-state index contributed by atoms with van der Waals surface area (Å²) in [6.07, 6.45) is 0. The molecule has 0 saturated heterocycles. The van der Waals surface area contributed by atoms with Crippen LogP contribution in [-0.4, -0.2) is 43.0 Å². The molecule has 1 aromatic heterocycles. The van der Waals surface area contributed by atoms with Crippen LogP contribution in [0.2, 0.25) is 0 Å². The molecule has 0 aliphatic rings. The van der Waals surface area contributed by atoms with Crippen molar-refractivity contribution in [2.24, 2.45) is 0 Å². The number of nitrogens with one attached hydrogen (secondary N) is 1. The van der Waals surface area contributed by atoms with Crippen LogP contribution in [0.4, 0.5) is 5.69 Å². The minimum absolute atomic E-state index is 0.0695. The molecule has 8 heteroatoms. The zero-order valence-corrected chi connectivity index (χ0v) is 14.3. The maximum Gasteiger partial charge on any atom is 0.310 e. The first-order chi connectivity index (χ1) is 11.5. The lowest BCUT2D eigenvalue weighted by Crippen LogP contribution is -2.36. The molecule has 0 bridgehead atoms. The summed E-state index contributed by atoms with van der Waals surface area (Å²) in [6.45, 7) is 0.169. The van der Waals surface area contributed by atoms with Crippen molar-refractivity contribution in [3.05, 3.63) is 56.8 Å². The number of carbonyl (C=O) groups excluding carboxylic acids is 1. The summed E-state index contributed by atoms with van der Waals surface area (Å²) >= 11 is 1.63. The van der Waals surface area contributed by atoms with Crippen LogP contribution < -0.4 is 10.1 Å². The van der Waals surface area contributed by atoms with Gasteiger partial charge < -0.3 is 15.0 Å². The number of ether oxygens (including phenoxy) is 1.